The molecule has 0 amide bonds. The molecule has 0 atom stereocenters. The van der Waals surface area contributed by atoms with Crippen LogP contribution in [-0.2, 0) is 0 Å². The molecule has 1 aromatic rings. The number of hydrogen-bond acceptors (Lipinski definition) is 2. The van der Waals surface area contributed by atoms with Crippen molar-refractivity contribution in [3.63, 3.8) is 0 Å². The van der Waals surface area contributed by atoms with Crippen LogP contribution in [0.2, 0.25) is 0 Å². The van der Waals surface area contributed by atoms with Crippen LogP contribution >= 0.6 is 0 Å². The Hall–Kier alpha value is -1.09. The van der Waals surface area contributed by atoms with Gasteiger partial charge in [-0.1, -0.05) is 19.1 Å². The Morgan fingerprint density at radius 3 is 2.62 bits per heavy atom. The van der Waals surface area contributed by atoms with Gasteiger partial charge in [-0.15, -0.1) is 0 Å². The topological polar surface area (TPSA) is 15.3 Å². The molecule has 2 rings (SSSR count). The lowest BCUT2D eigenvalue weighted by Gasteiger charge is -2.34. The largest absolute Gasteiger partial charge is 0.369 e. The van der Waals surface area contributed by atoms with Crippen molar-refractivity contribution in [3.8, 4) is 0 Å². The molecule has 1 saturated heterocycles. The second kappa shape index (κ2) is 5.30. The van der Waals surface area contributed by atoms with E-state index in [-0.39, 0.29) is 5.82 Å². The molecule has 1 fully saturated rings. The number of nitrogens with one attached hydrogen (secondary N) is 1. The first-order valence-electron chi connectivity index (χ1n) is 6.04. The molecule has 0 saturated carbocycles. The monoisotopic (exact) mass is 222 g/mol. The Morgan fingerprint density at radius 2 is 2.00 bits per heavy atom. The van der Waals surface area contributed by atoms with Crippen molar-refractivity contribution >= 4 is 5.69 Å². The molecule has 88 valence electrons. The smallest absolute Gasteiger partial charge is 0.146 e. The van der Waals surface area contributed by atoms with E-state index in [1.165, 1.54) is 6.07 Å². The first kappa shape index (κ1) is 11.4. The predicted molar refractivity (Wildman–Crippen MR) is 65.3 cm³/mol. The van der Waals surface area contributed by atoms with E-state index in [1.54, 1.807) is 6.07 Å². The lowest BCUT2D eigenvalue weighted by molar-refractivity contribution is 0.421. The first-order chi connectivity index (χ1) is 7.81. The van der Waals surface area contributed by atoms with Crippen molar-refractivity contribution in [1.82, 2.24) is 5.32 Å². The van der Waals surface area contributed by atoms with E-state index in [9.17, 15) is 4.39 Å². The second-order valence-corrected chi connectivity index (χ2v) is 4.27. The molecule has 3 heteroatoms. The molecule has 0 bridgehead atoms. The molecular weight excluding hydrogens is 203 g/mol. The molecular formula is C13H19FN2. The number of rotatable bonds is 3. The van der Waals surface area contributed by atoms with Crippen LogP contribution in [-0.4, -0.2) is 25.7 Å². The van der Waals surface area contributed by atoms with Crippen LogP contribution in [0.4, 0.5) is 10.1 Å². The average molecular weight is 222 g/mol. The van der Waals surface area contributed by atoms with Gasteiger partial charge < -0.3 is 10.2 Å². The van der Waals surface area contributed by atoms with Gasteiger partial charge >= 0.3 is 0 Å². The standard InChI is InChI=1S/C13H19FN2/c1-2-15-11-7-9-16(10-8-11)13-6-4-3-5-12(13)14/h3-6,11,15H,2,7-10H2,1H3. The summed E-state index contributed by atoms with van der Waals surface area (Å²) in [6.07, 6.45) is 2.20. The maximum Gasteiger partial charge on any atom is 0.146 e. The van der Waals surface area contributed by atoms with Crippen LogP contribution in [0.1, 0.15) is 19.8 Å². The quantitative estimate of drug-likeness (QED) is 0.845. The summed E-state index contributed by atoms with van der Waals surface area (Å²) in [5.74, 6) is -0.107. The van der Waals surface area contributed by atoms with E-state index in [0.29, 0.717) is 6.04 Å². The Kier molecular flexibility index (Phi) is 3.78. The number of anilines is 1. The van der Waals surface area contributed by atoms with Crippen LogP contribution in [0.5, 0.6) is 0 Å². The van der Waals surface area contributed by atoms with Crippen molar-refractivity contribution in [2.45, 2.75) is 25.8 Å². The zero-order valence-corrected chi connectivity index (χ0v) is 9.75. The molecule has 0 aromatic heterocycles. The lowest BCUT2D eigenvalue weighted by Crippen LogP contribution is -2.42. The summed E-state index contributed by atoms with van der Waals surface area (Å²) >= 11 is 0. The molecule has 16 heavy (non-hydrogen) atoms. The molecule has 1 aliphatic rings. The molecule has 0 radical (unpaired) electrons. The molecule has 1 N–H and O–H groups in total. The predicted octanol–water partition coefficient (Wildman–Crippen LogP) is 2.40. The molecule has 0 spiro atoms. The number of para-hydroxylation sites is 1. The fourth-order valence-electron chi connectivity index (χ4n) is 2.32. The first-order valence-corrected chi connectivity index (χ1v) is 6.04. The third-order valence-corrected chi connectivity index (χ3v) is 3.18. The lowest BCUT2D eigenvalue weighted by atomic mass is 10.0. The summed E-state index contributed by atoms with van der Waals surface area (Å²) in [5.41, 5.74) is 0.748. The van der Waals surface area contributed by atoms with E-state index in [4.69, 9.17) is 0 Å². The van der Waals surface area contributed by atoms with Gasteiger partial charge in [0.05, 0.1) is 5.69 Å². The fourth-order valence-corrected chi connectivity index (χ4v) is 2.32. The highest BCUT2D eigenvalue weighted by atomic mass is 19.1. The van der Waals surface area contributed by atoms with Crippen LogP contribution in [0.15, 0.2) is 24.3 Å². The number of halogens is 1. The SMILES string of the molecule is CCNC1CCN(c2ccccc2F)CC1. The second-order valence-electron chi connectivity index (χ2n) is 4.27. The molecule has 1 aromatic carbocycles. The number of piperidine rings is 1. The van der Waals surface area contributed by atoms with Gasteiger partial charge in [0.25, 0.3) is 0 Å². The molecule has 0 unspecified atom stereocenters. The van der Waals surface area contributed by atoms with Crippen LogP contribution < -0.4 is 10.2 Å². The van der Waals surface area contributed by atoms with Gasteiger partial charge in [0.1, 0.15) is 5.82 Å². The summed E-state index contributed by atoms with van der Waals surface area (Å²) in [6, 6.07) is 7.64. The Morgan fingerprint density at radius 1 is 1.31 bits per heavy atom. The van der Waals surface area contributed by atoms with Crippen LogP contribution in [0.3, 0.4) is 0 Å². The number of hydrogen-bond donors (Lipinski definition) is 1. The van der Waals surface area contributed by atoms with E-state index in [1.807, 2.05) is 12.1 Å². The molecule has 0 aliphatic carbocycles. The van der Waals surface area contributed by atoms with E-state index >= 15 is 0 Å². The van der Waals surface area contributed by atoms with Gasteiger partial charge in [-0.25, -0.2) is 4.39 Å². The zero-order chi connectivity index (χ0) is 11.4. The van der Waals surface area contributed by atoms with Gasteiger partial charge in [-0.3, -0.25) is 0 Å². The maximum atomic E-state index is 13.6. The minimum Gasteiger partial charge on any atom is -0.369 e. The highest BCUT2D eigenvalue weighted by molar-refractivity contribution is 5.47. The van der Waals surface area contributed by atoms with Crippen molar-refractivity contribution in [3.05, 3.63) is 30.1 Å². The molecule has 2 nitrogen and oxygen atoms in total. The third-order valence-electron chi connectivity index (χ3n) is 3.18. The number of nitrogens with zero attached hydrogens (tertiary/aromatic N) is 1. The van der Waals surface area contributed by atoms with Gasteiger partial charge in [-0.2, -0.15) is 0 Å². The minimum atomic E-state index is -0.107. The van der Waals surface area contributed by atoms with Crippen LogP contribution in [0, 0.1) is 5.82 Å². The summed E-state index contributed by atoms with van der Waals surface area (Å²) in [4.78, 5) is 2.14. The average Bonchev–Trinajstić information content (AvgIpc) is 2.31. The van der Waals surface area contributed by atoms with E-state index in [0.717, 1.165) is 38.2 Å². The van der Waals surface area contributed by atoms with Crippen molar-refractivity contribution < 1.29 is 4.39 Å². The Bertz CT molecular complexity index is 332. The highest BCUT2D eigenvalue weighted by Gasteiger charge is 2.19. The van der Waals surface area contributed by atoms with E-state index < -0.39 is 0 Å². The third kappa shape index (κ3) is 2.53. The van der Waals surface area contributed by atoms with Gasteiger partial charge in [0.15, 0.2) is 0 Å². The number of benzene rings is 1. The summed E-state index contributed by atoms with van der Waals surface area (Å²) in [6.45, 7) is 5.03. The Balaban J connectivity index is 1.96. The zero-order valence-electron chi connectivity index (χ0n) is 9.75. The van der Waals surface area contributed by atoms with Gasteiger partial charge in [0, 0.05) is 19.1 Å². The van der Waals surface area contributed by atoms with Crippen molar-refractivity contribution in [1.29, 1.82) is 0 Å². The van der Waals surface area contributed by atoms with Gasteiger partial charge in [-0.05, 0) is 31.5 Å². The summed E-state index contributed by atoms with van der Waals surface area (Å²) in [7, 11) is 0. The van der Waals surface area contributed by atoms with Crippen LogP contribution in [0.25, 0.3) is 0 Å². The summed E-state index contributed by atoms with van der Waals surface area (Å²) < 4.78 is 13.6. The molecule has 1 aliphatic heterocycles. The highest BCUT2D eigenvalue weighted by Crippen LogP contribution is 2.22. The fraction of sp³-hybridized carbons (Fsp3) is 0.538. The Labute approximate surface area is 96.5 Å². The normalized spacial score (nSPS) is 17.8. The summed E-state index contributed by atoms with van der Waals surface area (Å²) in [5, 5.41) is 3.45. The van der Waals surface area contributed by atoms with Crippen molar-refractivity contribution in [2.75, 3.05) is 24.5 Å². The maximum absolute atomic E-state index is 13.6. The van der Waals surface area contributed by atoms with Crippen molar-refractivity contribution in [2.24, 2.45) is 0 Å². The minimum absolute atomic E-state index is 0.107. The molecule has 1 heterocycles. The van der Waals surface area contributed by atoms with E-state index in [2.05, 4.69) is 17.1 Å². The van der Waals surface area contributed by atoms with Gasteiger partial charge in [0.2, 0.25) is 0 Å².